The lowest BCUT2D eigenvalue weighted by Crippen LogP contribution is -2.08. The Kier molecular flexibility index (Phi) is 9.23. The number of rotatable bonds is 12. The lowest BCUT2D eigenvalue weighted by atomic mass is 10.1. The van der Waals surface area contributed by atoms with E-state index in [1.165, 1.54) is 0 Å². The Morgan fingerprint density at radius 3 is 1.56 bits per heavy atom. The van der Waals surface area contributed by atoms with Crippen molar-refractivity contribution in [3.8, 4) is 5.75 Å². The molecule has 1 aromatic carbocycles. The normalized spacial score (nSPS) is 10.9. The Hall–Kier alpha value is -1.86. The number of carboxylic acid groups (broad SMARTS) is 1. The van der Waals surface area contributed by atoms with Crippen LogP contribution in [0.15, 0.2) is 0 Å². The maximum absolute atomic E-state index is 13.3. The zero-order chi connectivity index (χ0) is 18.8. The molecule has 1 N–H and O–H groups in total. The summed E-state index contributed by atoms with van der Waals surface area (Å²) in [5, 5.41) is 8.48. The van der Waals surface area contributed by atoms with E-state index in [-0.39, 0.29) is 13.0 Å². The molecule has 0 amide bonds. The van der Waals surface area contributed by atoms with Gasteiger partial charge in [-0.2, -0.15) is 8.78 Å². The van der Waals surface area contributed by atoms with Crippen LogP contribution in [0.5, 0.6) is 5.75 Å². The number of benzene rings is 1. The minimum atomic E-state index is -2.20. The highest BCUT2D eigenvalue weighted by Crippen LogP contribution is 2.29. The summed E-state index contributed by atoms with van der Waals surface area (Å²) in [4.78, 5) is 10.3. The minimum absolute atomic E-state index is 0.142. The number of aliphatic carboxylic acids is 1. The van der Waals surface area contributed by atoms with Crippen molar-refractivity contribution in [3.05, 3.63) is 29.1 Å². The largest absolute Gasteiger partial charge is 0.487 e. The predicted octanol–water partition coefficient (Wildman–Crippen LogP) is 5.36. The topological polar surface area (TPSA) is 46.5 Å². The second-order valence-corrected chi connectivity index (χ2v) is 5.72. The first-order valence-corrected chi connectivity index (χ1v) is 8.22. The number of halogens is 5. The van der Waals surface area contributed by atoms with Crippen molar-refractivity contribution in [1.82, 2.24) is 0 Å². The van der Waals surface area contributed by atoms with Crippen molar-refractivity contribution in [1.29, 1.82) is 0 Å². The standard InChI is InChI=1S/C17H21F5O3/c18-12-13(19)15(21)17(16(22)14(12)20)25-10-8-6-4-2-1-3-5-7-9-11(23)24/h1-10H2,(H,23,24). The summed E-state index contributed by atoms with van der Waals surface area (Å²) in [6, 6.07) is 0. The zero-order valence-electron chi connectivity index (χ0n) is 13.7. The van der Waals surface area contributed by atoms with Crippen molar-refractivity contribution in [2.75, 3.05) is 6.61 Å². The van der Waals surface area contributed by atoms with Crippen molar-refractivity contribution in [2.45, 2.75) is 57.8 Å². The van der Waals surface area contributed by atoms with Gasteiger partial charge in [0, 0.05) is 6.42 Å². The average molecular weight is 368 g/mol. The first kappa shape index (κ1) is 21.2. The summed E-state index contributed by atoms with van der Waals surface area (Å²) in [5.74, 6) is -12.2. The van der Waals surface area contributed by atoms with Gasteiger partial charge in [-0.15, -0.1) is 0 Å². The molecule has 0 spiro atoms. The summed E-state index contributed by atoms with van der Waals surface area (Å²) >= 11 is 0. The SMILES string of the molecule is O=C(O)CCCCCCCCCCOc1c(F)c(F)c(F)c(F)c1F. The van der Waals surface area contributed by atoms with Gasteiger partial charge in [-0.25, -0.2) is 13.2 Å². The van der Waals surface area contributed by atoms with Gasteiger partial charge in [0.1, 0.15) is 0 Å². The van der Waals surface area contributed by atoms with E-state index in [0.29, 0.717) is 19.3 Å². The van der Waals surface area contributed by atoms with Crippen molar-refractivity contribution in [2.24, 2.45) is 0 Å². The summed E-state index contributed by atoms with van der Waals surface area (Å²) in [7, 11) is 0. The van der Waals surface area contributed by atoms with E-state index in [2.05, 4.69) is 0 Å². The smallest absolute Gasteiger partial charge is 0.303 e. The molecule has 25 heavy (non-hydrogen) atoms. The summed E-state index contributed by atoms with van der Waals surface area (Å²) in [5.41, 5.74) is 0. The van der Waals surface area contributed by atoms with Crippen LogP contribution in [-0.2, 0) is 4.79 Å². The van der Waals surface area contributed by atoms with Crippen LogP contribution in [0.3, 0.4) is 0 Å². The highest BCUT2D eigenvalue weighted by molar-refractivity contribution is 5.66. The molecule has 1 rings (SSSR count). The van der Waals surface area contributed by atoms with E-state index in [9.17, 15) is 26.7 Å². The molecule has 0 aliphatic heterocycles. The zero-order valence-corrected chi connectivity index (χ0v) is 13.7. The van der Waals surface area contributed by atoms with Gasteiger partial charge in [0.05, 0.1) is 6.61 Å². The summed E-state index contributed by atoms with van der Waals surface area (Å²) in [6.45, 7) is -0.142. The van der Waals surface area contributed by atoms with E-state index in [0.717, 1.165) is 32.1 Å². The third-order valence-electron chi connectivity index (χ3n) is 3.70. The van der Waals surface area contributed by atoms with Crippen LogP contribution in [0, 0.1) is 29.1 Å². The average Bonchev–Trinajstić information content (AvgIpc) is 2.58. The third-order valence-corrected chi connectivity index (χ3v) is 3.70. The number of hydrogen-bond acceptors (Lipinski definition) is 2. The van der Waals surface area contributed by atoms with Gasteiger partial charge in [-0.05, 0) is 12.8 Å². The molecule has 0 radical (unpaired) electrons. The molecule has 3 nitrogen and oxygen atoms in total. The molecule has 0 aromatic heterocycles. The fourth-order valence-corrected chi connectivity index (χ4v) is 2.32. The van der Waals surface area contributed by atoms with Crippen molar-refractivity contribution in [3.63, 3.8) is 0 Å². The first-order chi connectivity index (χ1) is 11.9. The van der Waals surface area contributed by atoms with Crippen molar-refractivity contribution >= 4 is 5.97 Å². The lowest BCUT2D eigenvalue weighted by molar-refractivity contribution is -0.137. The maximum atomic E-state index is 13.3. The molecule has 0 fully saturated rings. The van der Waals surface area contributed by atoms with Gasteiger partial charge in [-0.3, -0.25) is 4.79 Å². The lowest BCUT2D eigenvalue weighted by Gasteiger charge is -2.10. The molecule has 0 unspecified atom stereocenters. The molecular formula is C17H21F5O3. The first-order valence-electron chi connectivity index (χ1n) is 8.22. The van der Waals surface area contributed by atoms with Gasteiger partial charge in [-0.1, -0.05) is 38.5 Å². The molecule has 0 aliphatic carbocycles. The maximum Gasteiger partial charge on any atom is 0.303 e. The van der Waals surface area contributed by atoms with Gasteiger partial charge in [0.15, 0.2) is 5.75 Å². The molecule has 1 aromatic rings. The van der Waals surface area contributed by atoms with Gasteiger partial charge in [0.2, 0.25) is 29.1 Å². The molecule has 8 heteroatoms. The second-order valence-electron chi connectivity index (χ2n) is 5.72. The Bertz CT molecular complexity index is 549. The number of unbranched alkanes of at least 4 members (excludes halogenated alkanes) is 7. The van der Waals surface area contributed by atoms with Crippen LogP contribution in [0.1, 0.15) is 57.8 Å². The van der Waals surface area contributed by atoms with Gasteiger partial charge in [0.25, 0.3) is 0 Å². The van der Waals surface area contributed by atoms with E-state index < -0.39 is 40.8 Å². The van der Waals surface area contributed by atoms with Gasteiger partial charge < -0.3 is 9.84 Å². The number of ether oxygens (including phenoxy) is 1. The minimum Gasteiger partial charge on any atom is -0.487 e. The van der Waals surface area contributed by atoms with E-state index >= 15 is 0 Å². The summed E-state index contributed by atoms with van der Waals surface area (Å²) in [6.07, 6.45) is 6.49. The molecule has 0 saturated carbocycles. The van der Waals surface area contributed by atoms with Crippen LogP contribution >= 0.6 is 0 Å². The van der Waals surface area contributed by atoms with Crippen LogP contribution in [-0.4, -0.2) is 17.7 Å². The second kappa shape index (κ2) is 10.9. The highest BCUT2D eigenvalue weighted by Gasteiger charge is 2.26. The number of carboxylic acids is 1. The Balaban J connectivity index is 2.18. The molecule has 0 heterocycles. The molecule has 142 valence electrons. The Morgan fingerprint density at radius 1 is 0.680 bits per heavy atom. The van der Waals surface area contributed by atoms with Crippen LogP contribution in [0.2, 0.25) is 0 Å². The van der Waals surface area contributed by atoms with Crippen LogP contribution in [0.25, 0.3) is 0 Å². The highest BCUT2D eigenvalue weighted by atomic mass is 19.2. The van der Waals surface area contributed by atoms with E-state index in [1.807, 2.05) is 0 Å². The molecule has 0 atom stereocenters. The van der Waals surface area contributed by atoms with Crippen molar-refractivity contribution < 1.29 is 36.6 Å². The van der Waals surface area contributed by atoms with Gasteiger partial charge >= 0.3 is 5.97 Å². The fraction of sp³-hybridized carbons (Fsp3) is 0.588. The molecule has 0 saturated heterocycles. The Labute approximate surface area is 142 Å². The third kappa shape index (κ3) is 6.88. The Morgan fingerprint density at radius 2 is 1.08 bits per heavy atom. The van der Waals surface area contributed by atoms with E-state index in [4.69, 9.17) is 9.84 Å². The summed E-state index contributed by atoms with van der Waals surface area (Å²) < 4.78 is 70.2. The van der Waals surface area contributed by atoms with Crippen LogP contribution in [0.4, 0.5) is 22.0 Å². The molecule has 0 aliphatic rings. The predicted molar refractivity (Wildman–Crippen MR) is 80.9 cm³/mol. The fourth-order valence-electron chi connectivity index (χ4n) is 2.32. The monoisotopic (exact) mass is 368 g/mol. The number of hydrogen-bond donors (Lipinski definition) is 1. The molecule has 0 bridgehead atoms. The van der Waals surface area contributed by atoms with Crippen LogP contribution < -0.4 is 4.74 Å². The molecular weight excluding hydrogens is 347 g/mol. The number of carbonyl (C=O) groups is 1. The van der Waals surface area contributed by atoms with E-state index in [1.54, 1.807) is 0 Å². The quantitative estimate of drug-likeness (QED) is 0.234.